The molecule has 6 heteroatoms. The molecule has 1 rings (SSSR count). The highest BCUT2D eigenvalue weighted by molar-refractivity contribution is 9.10. The number of carbonyl (C=O) groups is 1. The van der Waals surface area contributed by atoms with Gasteiger partial charge >= 0.3 is 5.97 Å². The van der Waals surface area contributed by atoms with Gasteiger partial charge in [0.15, 0.2) is 0 Å². The average molecular weight is 293 g/mol. The summed E-state index contributed by atoms with van der Waals surface area (Å²) < 4.78 is 23.2. The van der Waals surface area contributed by atoms with Crippen LogP contribution < -0.4 is 4.74 Å². The second-order valence-corrected chi connectivity index (χ2v) is 3.92. The predicted octanol–water partition coefficient (Wildman–Crippen LogP) is 2.07. The third kappa shape index (κ3) is 3.79. The first-order valence-electron chi connectivity index (χ1n) is 4.37. The molecule has 1 aromatic rings. The van der Waals surface area contributed by atoms with Gasteiger partial charge in [0.05, 0.1) is 6.61 Å². The topological polar surface area (TPSA) is 55.8 Å². The van der Waals surface area contributed by atoms with E-state index in [-0.39, 0.29) is 12.4 Å². The maximum absolute atomic E-state index is 13.0. The van der Waals surface area contributed by atoms with Crippen LogP contribution in [-0.4, -0.2) is 30.9 Å². The van der Waals surface area contributed by atoms with Crippen LogP contribution in [0.4, 0.5) is 4.39 Å². The fourth-order valence-electron chi connectivity index (χ4n) is 1.07. The number of benzene rings is 1. The van der Waals surface area contributed by atoms with Crippen LogP contribution in [0.1, 0.15) is 0 Å². The van der Waals surface area contributed by atoms with Crippen molar-refractivity contribution in [3.8, 4) is 5.75 Å². The molecule has 0 radical (unpaired) electrons. The molecular weight excluding hydrogens is 283 g/mol. The molecule has 1 N–H and O–H groups in total. The number of hydrogen-bond donors (Lipinski definition) is 1. The van der Waals surface area contributed by atoms with Gasteiger partial charge in [0.2, 0.25) is 6.10 Å². The number of halogens is 2. The molecule has 0 bridgehead atoms. The zero-order valence-corrected chi connectivity index (χ0v) is 10.0. The lowest BCUT2D eigenvalue weighted by atomic mass is 10.3. The molecule has 0 aromatic heterocycles. The van der Waals surface area contributed by atoms with Crippen molar-refractivity contribution >= 4 is 21.9 Å². The van der Waals surface area contributed by atoms with Crippen molar-refractivity contribution in [3.05, 3.63) is 28.5 Å². The van der Waals surface area contributed by atoms with Crippen molar-refractivity contribution in [2.24, 2.45) is 0 Å². The molecule has 0 heterocycles. The molecule has 0 amide bonds. The Labute approximate surface area is 100 Å². The van der Waals surface area contributed by atoms with Gasteiger partial charge in [0.25, 0.3) is 0 Å². The summed E-state index contributed by atoms with van der Waals surface area (Å²) in [4.78, 5) is 10.8. The minimum atomic E-state index is -1.16. The van der Waals surface area contributed by atoms with E-state index in [2.05, 4.69) is 20.7 Å². The number of methoxy groups -OCH3 is 1. The Morgan fingerprint density at radius 3 is 2.75 bits per heavy atom. The van der Waals surface area contributed by atoms with E-state index < -0.39 is 17.9 Å². The van der Waals surface area contributed by atoms with Crippen LogP contribution in [0.3, 0.4) is 0 Å². The Morgan fingerprint density at radius 2 is 2.25 bits per heavy atom. The molecule has 1 unspecified atom stereocenters. The van der Waals surface area contributed by atoms with Crippen LogP contribution >= 0.6 is 15.9 Å². The molecule has 0 spiro atoms. The quantitative estimate of drug-likeness (QED) is 0.903. The van der Waals surface area contributed by atoms with E-state index in [1.807, 2.05) is 0 Å². The van der Waals surface area contributed by atoms with Gasteiger partial charge in [-0.15, -0.1) is 0 Å². The van der Waals surface area contributed by atoms with E-state index in [9.17, 15) is 9.18 Å². The second kappa shape index (κ2) is 5.81. The smallest absolute Gasteiger partial charge is 0.347 e. The summed E-state index contributed by atoms with van der Waals surface area (Å²) in [6, 6.07) is 3.84. The number of rotatable bonds is 5. The van der Waals surface area contributed by atoms with Crippen molar-refractivity contribution in [1.29, 1.82) is 0 Å². The van der Waals surface area contributed by atoms with Gasteiger partial charge in [-0.3, -0.25) is 0 Å². The van der Waals surface area contributed by atoms with Crippen LogP contribution in [0.25, 0.3) is 0 Å². The molecular formula is C10H10BrFO4. The molecule has 4 nitrogen and oxygen atoms in total. The predicted molar refractivity (Wildman–Crippen MR) is 58.0 cm³/mol. The number of aliphatic carboxylic acids is 1. The summed E-state index contributed by atoms with van der Waals surface area (Å²) in [5, 5.41) is 8.79. The van der Waals surface area contributed by atoms with Crippen LogP contribution in [0, 0.1) is 5.82 Å². The minimum Gasteiger partial charge on any atom is -0.478 e. The monoisotopic (exact) mass is 292 g/mol. The highest BCUT2D eigenvalue weighted by Gasteiger charge is 2.19. The maximum Gasteiger partial charge on any atom is 0.347 e. The molecule has 1 aromatic carbocycles. The second-order valence-electron chi connectivity index (χ2n) is 3.01. The Hall–Kier alpha value is -1.14. The van der Waals surface area contributed by atoms with Gasteiger partial charge < -0.3 is 14.6 Å². The van der Waals surface area contributed by atoms with Crippen molar-refractivity contribution in [2.45, 2.75) is 6.10 Å². The van der Waals surface area contributed by atoms with Gasteiger partial charge in [-0.1, -0.05) is 15.9 Å². The van der Waals surface area contributed by atoms with Crippen molar-refractivity contribution in [3.63, 3.8) is 0 Å². The van der Waals surface area contributed by atoms with Gasteiger partial charge in [-0.05, 0) is 12.1 Å². The minimum absolute atomic E-state index is 0.108. The van der Waals surface area contributed by atoms with Crippen molar-refractivity contribution < 1.29 is 23.8 Å². The van der Waals surface area contributed by atoms with Crippen LogP contribution in [0.2, 0.25) is 0 Å². The lowest BCUT2D eigenvalue weighted by Crippen LogP contribution is -2.31. The fraction of sp³-hybridized carbons (Fsp3) is 0.300. The largest absolute Gasteiger partial charge is 0.478 e. The Kier molecular flexibility index (Phi) is 4.70. The van der Waals surface area contributed by atoms with Crippen LogP contribution in [0.5, 0.6) is 5.75 Å². The number of hydrogen-bond acceptors (Lipinski definition) is 3. The van der Waals surface area contributed by atoms with Gasteiger partial charge in [-0.2, -0.15) is 0 Å². The molecule has 16 heavy (non-hydrogen) atoms. The standard InChI is InChI=1S/C10H10BrFO4/c1-15-5-9(10(13)14)16-8-3-6(11)2-7(12)4-8/h2-4,9H,5H2,1H3,(H,13,14). The summed E-state index contributed by atoms with van der Waals surface area (Å²) >= 11 is 3.08. The van der Waals surface area contributed by atoms with E-state index in [0.717, 1.165) is 6.07 Å². The summed E-state index contributed by atoms with van der Waals surface area (Å²) in [6.07, 6.45) is -1.15. The molecule has 0 saturated heterocycles. The summed E-state index contributed by atoms with van der Waals surface area (Å²) in [7, 11) is 1.36. The number of ether oxygens (including phenoxy) is 2. The molecule has 1 atom stereocenters. The van der Waals surface area contributed by atoms with E-state index >= 15 is 0 Å². The summed E-state index contributed by atoms with van der Waals surface area (Å²) in [5.74, 6) is -1.54. The lowest BCUT2D eigenvalue weighted by molar-refractivity contribution is -0.147. The van der Waals surface area contributed by atoms with Gasteiger partial charge in [0, 0.05) is 17.6 Å². The molecule has 0 aliphatic rings. The third-order valence-corrected chi connectivity index (χ3v) is 2.17. The lowest BCUT2D eigenvalue weighted by Gasteiger charge is -2.14. The van der Waals surface area contributed by atoms with Crippen molar-refractivity contribution in [2.75, 3.05) is 13.7 Å². The first-order chi connectivity index (χ1) is 7.52. The van der Waals surface area contributed by atoms with Gasteiger partial charge in [-0.25, -0.2) is 9.18 Å². The highest BCUT2D eigenvalue weighted by Crippen LogP contribution is 2.21. The van der Waals surface area contributed by atoms with E-state index in [1.165, 1.54) is 19.2 Å². The summed E-state index contributed by atoms with van der Waals surface area (Å²) in [6.45, 7) is -0.108. The SMILES string of the molecule is COCC(Oc1cc(F)cc(Br)c1)C(=O)O. The van der Waals surface area contributed by atoms with Crippen molar-refractivity contribution in [1.82, 2.24) is 0 Å². The van der Waals surface area contributed by atoms with Gasteiger partial charge in [0.1, 0.15) is 11.6 Å². The maximum atomic E-state index is 13.0. The zero-order valence-electron chi connectivity index (χ0n) is 8.44. The molecule has 88 valence electrons. The number of carboxylic acid groups (broad SMARTS) is 1. The highest BCUT2D eigenvalue weighted by atomic mass is 79.9. The summed E-state index contributed by atoms with van der Waals surface area (Å²) in [5.41, 5.74) is 0. The van der Waals surface area contributed by atoms with E-state index in [4.69, 9.17) is 9.84 Å². The number of carboxylic acids is 1. The molecule has 0 aliphatic heterocycles. The Bertz CT molecular complexity index is 363. The normalized spacial score (nSPS) is 12.2. The third-order valence-electron chi connectivity index (χ3n) is 1.71. The average Bonchev–Trinajstić information content (AvgIpc) is 2.15. The van der Waals surface area contributed by atoms with Crippen LogP contribution in [-0.2, 0) is 9.53 Å². The first-order valence-corrected chi connectivity index (χ1v) is 5.16. The Balaban J connectivity index is 2.80. The molecule has 0 aliphatic carbocycles. The van der Waals surface area contributed by atoms with E-state index in [0.29, 0.717) is 4.47 Å². The first kappa shape index (κ1) is 12.9. The fourth-order valence-corrected chi connectivity index (χ4v) is 1.51. The zero-order chi connectivity index (χ0) is 12.1. The Morgan fingerprint density at radius 1 is 1.56 bits per heavy atom. The molecule has 0 saturated carbocycles. The van der Waals surface area contributed by atoms with E-state index in [1.54, 1.807) is 0 Å². The van der Waals surface area contributed by atoms with Crippen LogP contribution in [0.15, 0.2) is 22.7 Å². The molecule has 0 fully saturated rings.